The van der Waals surface area contributed by atoms with Gasteiger partial charge in [0.15, 0.2) is 0 Å². The van der Waals surface area contributed by atoms with E-state index in [9.17, 15) is 36.2 Å². The van der Waals surface area contributed by atoms with Gasteiger partial charge in [0.1, 0.15) is 0 Å². The Morgan fingerprint density at radius 1 is 1.00 bits per heavy atom. The summed E-state index contributed by atoms with van der Waals surface area (Å²) < 4.78 is 74.2. The van der Waals surface area contributed by atoms with E-state index < -0.39 is 35.0 Å². The summed E-state index contributed by atoms with van der Waals surface area (Å²) in [5, 5.41) is 10.4. The quantitative estimate of drug-likeness (QED) is 0.583. The van der Waals surface area contributed by atoms with Gasteiger partial charge in [0.25, 0.3) is 0 Å². The van der Waals surface area contributed by atoms with E-state index in [1.807, 2.05) is 0 Å². The van der Waals surface area contributed by atoms with Gasteiger partial charge in [0.05, 0.1) is 17.1 Å². The van der Waals surface area contributed by atoms with Crippen molar-refractivity contribution in [3.8, 4) is 0 Å². The van der Waals surface area contributed by atoms with Crippen molar-refractivity contribution in [2.45, 2.75) is 12.4 Å². The Labute approximate surface area is 156 Å². The molecule has 1 aromatic carbocycles. The van der Waals surface area contributed by atoms with Crippen molar-refractivity contribution in [1.29, 1.82) is 0 Å². The summed E-state index contributed by atoms with van der Waals surface area (Å²) in [4.78, 5) is 10.4. The molecule has 94 valence electrons. The molecule has 0 heterocycles. The molecule has 0 spiro atoms. The third-order valence-corrected chi connectivity index (χ3v) is 1.87. The van der Waals surface area contributed by atoms with Gasteiger partial charge in [-0.2, -0.15) is 26.3 Å². The van der Waals surface area contributed by atoms with E-state index in [-0.39, 0.29) is 75.0 Å². The molecule has 0 aliphatic rings. The number of carboxylic acid groups (broad SMARTS) is 1. The van der Waals surface area contributed by atoms with E-state index in [2.05, 4.69) is 0 Å². The number of rotatable bonds is 1. The monoisotopic (exact) mass is 390 g/mol. The molecule has 2 nitrogen and oxygen atoms in total. The van der Waals surface area contributed by atoms with E-state index in [4.69, 9.17) is 0 Å². The third-order valence-electron chi connectivity index (χ3n) is 1.87. The van der Waals surface area contributed by atoms with Gasteiger partial charge >= 0.3 is 81.2 Å². The minimum atomic E-state index is -5.43. The number of halogens is 6. The Bertz CT molecular complexity index is 451. The minimum absolute atomic E-state index is 0. The number of benzene rings is 1. The van der Waals surface area contributed by atoms with Gasteiger partial charge in [-0.25, -0.2) is 0 Å². The van der Waals surface area contributed by atoms with E-state index in [0.29, 0.717) is 12.1 Å². The summed E-state index contributed by atoms with van der Waals surface area (Å²) in [6, 6.07) is 1.14. The summed E-state index contributed by atoms with van der Waals surface area (Å²) in [6.45, 7) is 0. The van der Waals surface area contributed by atoms with E-state index in [1.54, 1.807) is 0 Å². The van der Waals surface area contributed by atoms with Crippen LogP contribution in [-0.4, -0.2) is 5.97 Å². The Morgan fingerprint density at radius 3 is 1.83 bits per heavy atom. The number of carbonyl (C=O) groups excluding carboxylic acids is 1. The maximum atomic E-state index is 12.4. The first-order valence-corrected chi connectivity index (χ1v) is 4.04. The second-order valence-electron chi connectivity index (χ2n) is 3.01. The number of alkyl halides is 6. The predicted octanol–water partition coefficient (Wildman–Crippen LogP) is -0.908. The molecule has 0 radical (unpaired) electrons. The molecule has 0 N–H and O–H groups in total. The molecule has 9 heteroatoms. The Morgan fingerprint density at radius 2 is 1.50 bits per heavy atom. The van der Waals surface area contributed by atoms with Crippen LogP contribution in [0.2, 0.25) is 0 Å². The summed E-state index contributed by atoms with van der Waals surface area (Å²) in [5.41, 5.74) is -5.83. The van der Waals surface area contributed by atoms with Crippen LogP contribution in [0, 0.1) is 0 Å². The summed E-state index contributed by atoms with van der Waals surface area (Å²) in [6.07, 6.45) is -10.7. The van der Waals surface area contributed by atoms with Crippen LogP contribution in [0.25, 0.3) is 0 Å². The Balaban J connectivity index is 0.00000289. The molecular formula is C9H3CsF6O2. The smallest absolute Gasteiger partial charge is 0.545 e. The van der Waals surface area contributed by atoms with Crippen LogP contribution >= 0.6 is 0 Å². The number of aromatic carboxylic acids is 1. The zero-order valence-electron chi connectivity index (χ0n) is 8.82. The van der Waals surface area contributed by atoms with Crippen molar-refractivity contribution in [3.63, 3.8) is 0 Å². The topological polar surface area (TPSA) is 40.1 Å². The molecule has 0 bridgehead atoms. The molecule has 0 aliphatic heterocycles. The molecule has 0 aromatic heterocycles. The molecule has 1 rings (SSSR count). The Hall–Kier alpha value is 0.322. The molecular weight excluding hydrogens is 387 g/mol. The van der Waals surface area contributed by atoms with Crippen molar-refractivity contribution >= 4 is 5.97 Å². The largest absolute Gasteiger partial charge is 1.00 e. The molecule has 0 amide bonds. The molecule has 1 aromatic rings. The van der Waals surface area contributed by atoms with Gasteiger partial charge in [-0.05, 0) is 6.07 Å². The van der Waals surface area contributed by atoms with Crippen molar-refractivity contribution < 1.29 is 105 Å². The van der Waals surface area contributed by atoms with Crippen LogP contribution in [0.4, 0.5) is 26.3 Å². The third kappa shape index (κ3) is 4.17. The first kappa shape index (κ1) is 18.3. The van der Waals surface area contributed by atoms with Gasteiger partial charge in [-0.1, -0.05) is 12.1 Å². The summed E-state index contributed by atoms with van der Waals surface area (Å²) in [7, 11) is 0. The fourth-order valence-corrected chi connectivity index (χ4v) is 1.26. The van der Waals surface area contributed by atoms with Crippen molar-refractivity contribution in [2.24, 2.45) is 0 Å². The van der Waals surface area contributed by atoms with E-state index in [0.717, 1.165) is 0 Å². The average Bonchev–Trinajstić information content (AvgIpc) is 2.13. The zero-order chi connectivity index (χ0) is 13.4. The minimum Gasteiger partial charge on any atom is -0.545 e. The van der Waals surface area contributed by atoms with E-state index in [1.165, 1.54) is 0 Å². The zero-order valence-corrected chi connectivity index (χ0v) is 15.1. The van der Waals surface area contributed by atoms with Crippen LogP contribution in [0.3, 0.4) is 0 Å². The SMILES string of the molecule is O=C([O-])c1cccc(C(F)(F)F)c1C(F)(F)F.[Cs+]. The summed E-state index contributed by atoms with van der Waals surface area (Å²) in [5.74, 6) is -2.32. The number of carbonyl (C=O) groups is 1. The molecule has 18 heavy (non-hydrogen) atoms. The Kier molecular flexibility index (Phi) is 6.29. The van der Waals surface area contributed by atoms with Crippen molar-refractivity contribution in [3.05, 3.63) is 34.9 Å². The standard InChI is InChI=1S/C9H4F6O2.Cs/c10-8(11,12)5-3-1-2-4(7(16)17)6(5)9(13,14)15;/h1-3H,(H,16,17);/q;+1/p-1. The predicted molar refractivity (Wildman–Crippen MR) is 40.8 cm³/mol. The fourth-order valence-electron chi connectivity index (χ4n) is 1.26. The molecule has 0 atom stereocenters. The first-order valence-electron chi connectivity index (χ1n) is 4.04. The fraction of sp³-hybridized carbons (Fsp3) is 0.222. The van der Waals surface area contributed by atoms with Crippen LogP contribution in [0.1, 0.15) is 21.5 Å². The molecule has 0 fully saturated rings. The van der Waals surface area contributed by atoms with E-state index >= 15 is 0 Å². The second kappa shape index (κ2) is 6.18. The van der Waals surface area contributed by atoms with Gasteiger partial charge in [0.2, 0.25) is 0 Å². The molecule has 0 saturated carbocycles. The van der Waals surface area contributed by atoms with Crippen molar-refractivity contribution in [2.75, 3.05) is 0 Å². The van der Waals surface area contributed by atoms with Gasteiger partial charge < -0.3 is 9.90 Å². The second-order valence-corrected chi connectivity index (χ2v) is 3.01. The van der Waals surface area contributed by atoms with Crippen molar-refractivity contribution in [1.82, 2.24) is 0 Å². The summed E-state index contributed by atoms with van der Waals surface area (Å²) >= 11 is 0. The normalized spacial score (nSPS) is 11.9. The number of hydrogen-bond acceptors (Lipinski definition) is 2. The van der Waals surface area contributed by atoms with Gasteiger partial charge in [-0.15, -0.1) is 0 Å². The molecule has 0 aliphatic carbocycles. The number of carboxylic acids is 1. The van der Waals surface area contributed by atoms with Gasteiger partial charge in [0, 0.05) is 5.56 Å². The molecule has 0 unspecified atom stereocenters. The average molecular weight is 390 g/mol. The van der Waals surface area contributed by atoms with Crippen LogP contribution in [0.15, 0.2) is 18.2 Å². The first-order chi connectivity index (χ1) is 7.55. The number of hydrogen-bond donors (Lipinski definition) is 0. The van der Waals surface area contributed by atoms with Crippen LogP contribution < -0.4 is 74.0 Å². The van der Waals surface area contributed by atoms with Crippen LogP contribution in [-0.2, 0) is 12.4 Å². The molecule has 0 saturated heterocycles. The van der Waals surface area contributed by atoms with Crippen LogP contribution in [0.5, 0.6) is 0 Å². The van der Waals surface area contributed by atoms with Gasteiger partial charge in [-0.3, -0.25) is 0 Å². The maximum Gasteiger partial charge on any atom is 1.00 e. The maximum absolute atomic E-state index is 12.4.